The molecule has 1 rings (SSSR count). The number of pyridine rings is 1. The third kappa shape index (κ3) is 4.26. The summed E-state index contributed by atoms with van der Waals surface area (Å²) < 4.78 is 21.6. The maximum atomic E-state index is 11.4. The number of sulfone groups is 1. The number of nitrogens with one attached hydrogen (secondary N) is 2. The first kappa shape index (κ1) is 12.4. The van der Waals surface area contributed by atoms with E-state index in [0.29, 0.717) is 0 Å². The molecule has 0 spiro atoms. The summed E-state index contributed by atoms with van der Waals surface area (Å²) in [4.78, 5) is 24.7. The number of carbonyl (C=O) groups excluding carboxylic acids is 1. The van der Waals surface area contributed by atoms with Gasteiger partial charge in [-0.1, -0.05) is 0 Å². The number of rotatable bonds is 4. The van der Waals surface area contributed by atoms with Crippen LogP contribution in [-0.2, 0) is 9.84 Å². The summed E-state index contributed by atoms with van der Waals surface area (Å²) in [6.45, 7) is 0.0322. The Balaban J connectivity index is 2.57. The van der Waals surface area contributed by atoms with E-state index >= 15 is 0 Å². The van der Waals surface area contributed by atoms with Gasteiger partial charge in [0.05, 0.1) is 5.75 Å². The second-order valence-electron chi connectivity index (χ2n) is 3.33. The Morgan fingerprint density at radius 3 is 2.75 bits per heavy atom. The Bertz CT molecular complexity index is 532. The highest BCUT2D eigenvalue weighted by Crippen LogP contribution is 1.92. The average molecular weight is 244 g/mol. The van der Waals surface area contributed by atoms with E-state index in [1.54, 1.807) is 0 Å². The molecule has 0 saturated carbocycles. The SMILES string of the molecule is CS(=O)(=O)CCNC(=O)c1cc[nH]c(=O)c1. The first-order valence-electron chi connectivity index (χ1n) is 4.53. The Labute approximate surface area is 92.6 Å². The van der Waals surface area contributed by atoms with Gasteiger partial charge in [0.25, 0.3) is 5.91 Å². The molecule has 0 atom stereocenters. The zero-order chi connectivity index (χ0) is 12.2. The van der Waals surface area contributed by atoms with Crippen molar-refractivity contribution in [3.63, 3.8) is 0 Å². The van der Waals surface area contributed by atoms with E-state index in [1.165, 1.54) is 12.3 Å². The third-order valence-corrected chi connectivity index (χ3v) is 2.74. The van der Waals surface area contributed by atoms with Gasteiger partial charge in [-0.05, 0) is 6.07 Å². The van der Waals surface area contributed by atoms with Gasteiger partial charge in [0.1, 0.15) is 9.84 Å². The minimum absolute atomic E-state index is 0.0322. The smallest absolute Gasteiger partial charge is 0.251 e. The van der Waals surface area contributed by atoms with Crippen LogP contribution in [0.5, 0.6) is 0 Å². The second kappa shape index (κ2) is 4.93. The van der Waals surface area contributed by atoms with Crippen molar-refractivity contribution in [1.29, 1.82) is 0 Å². The van der Waals surface area contributed by atoms with Crippen molar-refractivity contribution in [2.45, 2.75) is 0 Å². The van der Waals surface area contributed by atoms with Crippen LogP contribution in [0.25, 0.3) is 0 Å². The van der Waals surface area contributed by atoms with E-state index in [-0.39, 0.29) is 23.4 Å². The van der Waals surface area contributed by atoms with Crippen molar-refractivity contribution in [2.24, 2.45) is 0 Å². The number of aromatic amines is 1. The van der Waals surface area contributed by atoms with Crippen molar-refractivity contribution in [3.8, 4) is 0 Å². The van der Waals surface area contributed by atoms with E-state index in [1.807, 2.05) is 0 Å². The summed E-state index contributed by atoms with van der Waals surface area (Å²) in [5, 5.41) is 2.41. The summed E-state index contributed by atoms with van der Waals surface area (Å²) in [5.41, 5.74) is -0.173. The largest absolute Gasteiger partial charge is 0.351 e. The minimum atomic E-state index is -3.09. The normalized spacial score (nSPS) is 11.1. The highest BCUT2D eigenvalue weighted by Gasteiger charge is 2.07. The van der Waals surface area contributed by atoms with Crippen molar-refractivity contribution < 1.29 is 13.2 Å². The lowest BCUT2D eigenvalue weighted by molar-refractivity contribution is 0.0956. The van der Waals surface area contributed by atoms with Crippen LogP contribution in [0.4, 0.5) is 0 Å². The average Bonchev–Trinajstić information content (AvgIpc) is 2.15. The van der Waals surface area contributed by atoms with Crippen LogP contribution in [0.3, 0.4) is 0 Å². The number of H-pyrrole nitrogens is 1. The van der Waals surface area contributed by atoms with Crippen molar-refractivity contribution in [2.75, 3.05) is 18.6 Å². The summed E-state index contributed by atoms with van der Waals surface area (Å²) >= 11 is 0. The second-order valence-corrected chi connectivity index (χ2v) is 5.59. The monoisotopic (exact) mass is 244 g/mol. The molecule has 0 aliphatic heterocycles. The fourth-order valence-corrected chi connectivity index (χ4v) is 1.51. The molecule has 16 heavy (non-hydrogen) atoms. The van der Waals surface area contributed by atoms with E-state index in [4.69, 9.17) is 0 Å². The lowest BCUT2D eigenvalue weighted by Gasteiger charge is -2.03. The number of carbonyl (C=O) groups is 1. The first-order chi connectivity index (χ1) is 7.38. The molecule has 1 aromatic rings. The Morgan fingerprint density at radius 1 is 1.50 bits per heavy atom. The molecule has 0 aliphatic carbocycles. The van der Waals surface area contributed by atoms with Crippen LogP contribution >= 0.6 is 0 Å². The first-order valence-corrected chi connectivity index (χ1v) is 6.59. The van der Waals surface area contributed by atoms with Gasteiger partial charge < -0.3 is 10.3 Å². The Hall–Kier alpha value is -1.63. The summed E-state index contributed by atoms with van der Waals surface area (Å²) in [5.74, 6) is -0.586. The van der Waals surface area contributed by atoms with Gasteiger partial charge >= 0.3 is 0 Å². The molecule has 0 aliphatic rings. The molecule has 1 heterocycles. The summed E-state index contributed by atoms with van der Waals surface area (Å²) in [7, 11) is -3.09. The molecular formula is C9H12N2O4S. The van der Waals surface area contributed by atoms with Crippen LogP contribution in [0.2, 0.25) is 0 Å². The molecule has 0 bridgehead atoms. The van der Waals surface area contributed by atoms with Crippen LogP contribution in [0.15, 0.2) is 23.1 Å². The molecule has 0 fully saturated rings. The minimum Gasteiger partial charge on any atom is -0.351 e. The van der Waals surface area contributed by atoms with Gasteiger partial charge in [-0.25, -0.2) is 8.42 Å². The lowest BCUT2D eigenvalue weighted by atomic mass is 10.2. The van der Waals surface area contributed by atoms with Crippen LogP contribution in [-0.4, -0.2) is 37.9 Å². The van der Waals surface area contributed by atoms with E-state index in [2.05, 4.69) is 10.3 Å². The van der Waals surface area contributed by atoms with Crippen LogP contribution in [0.1, 0.15) is 10.4 Å². The van der Waals surface area contributed by atoms with Gasteiger partial charge in [0.15, 0.2) is 0 Å². The molecule has 0 unspecified atom stereocenters. The quantitative estimate of drug-likeness (QED) is 0.721. The molecule has 2 N–H and O–H groups in total. The maximum Gasteiger partial charge on any atom is 0.251 e. The Kier molecular flexibility index (Phi) is 3.83. The maximum absolute atomic E-state index is 11.4. The zero-order valence-corrected chi connectivity index (χ0v) is 9.50. The van der Waals surface area contributed by atoms with Crippen molar-refractivity contribution in [3.05, 3.63) is 34.2 Å². The van der Waals surface area contributed by atoms with Crippen LogP contribution < -0.4 is 10.9 Å². The van der Waals surface area contributed by atoms with Crippen molar-refractivity contribution in [1.82, 2.24) is 10.3 Å². The van der Waals surface area contributed by atoms with Gasteiger partial charge in [0.2, 0.25) is 5.56 Å². The molecule has 7 heteroatoms. The van der Waals surface area contributed by atoms with E-state index < -0.39 is 15.7 Å². The van der Waals surface area contributed by atoms with Gasteiger partial charge in [0, 0.05) is 30.6 Å². The molecule has 1 amide bonds. The summed E-state index contributed by atoms with van der Waals surface area (Å²) in [6, 6.07) is 2.59. The molecule has 0 radical (unpaired) electrons. The zero-order valence-electron chi connectivity index (χ0n) is 8.69. The number of hydrogen-bond donors (Lipinski definition) is 2. The highest BCUT2D eigenvalue weighted by atomic mass is 32.2. The summed E-state index contributed by atoms with van der Waals surface area (Å²) in [6.07, 6.45) is 2.44. The Morgan fingerprint density at radius 2 is 2.19 bits per heavy atom. The van der Waals surface area contributed by atoms with E-state index in [0.717, 1.165) is 12.3 Å². The van der Waals surface area contributed by atoms with Gasteiger partial charge in [-0.15, -0.1) is 0 Å². The molecule has 0 aromatic carbocycles. The highest BCUT2D eigenvalue weighted by molar-refractivity contribution is 7.90. The standard InChI is InChI=1S/C9H12N2O4S/c1-16(14,15)5-4-11-9(13)7-2-3-10-8(12)6-7/h2-3,6H,4-5H2,1H3,(H,10,12)(H,11,13). The molecule has 1 aromatic heterocycles. The van der Waals surface area contributed by atoms with Crippen molar-refractivity contribution >= 4 is 15.7 Å². The van der Waals surface area contributed by atoms with E-state index in [9.17, 15) is 18.0 Å². The van der Waals surface area contributed by atoms with Gasteiger partial charge in [-0.3, -0.25) is 9.59 Å². The topological polar surface area (TPSA) is 96.1 Å². The predicted molar refractivity (Wildman–Crippen MR) is 59.1 cm³/mol. The molecule has 0 saturated heterocycles. The lowest BCUT2D eigenvalue weighted by Crippen LogP contribution is -2.29. The number of aromatic nitrogens is 1. The number of amides is 1. The predicted octanol–water partition coefficient (Wildman–Crippen LogP) is -0.851. The fraction of sp³-hybridized carbons (Fsp3) is 0.333. The van der Waals surface area contributed by atoms with Crippen LogP contribution in [0, 0.1) is 0 Å². The third-order valence-electron chi connectivity index (χ3n) is 1.80. The molecule has 6 nitrogen and oxygen atoms in total. The molecular weight excluding hydrogens is 232 g/mol. The fourth-order valence-electron chi connectivity index (χ4n) is 1.04. The van der Waals surface area contributed by atoms with Gasteiger partial charge in [-0.2, -0.15) is 0 Å². The molecule has 88 valence electrons. The number of hydrogen-bond acceptors (Lipinski definition) is 4.